The minimum Gasteiger partial charge on any atom is -0.465 e. The zero-order valence-electron chi connectivity index (χ0n) is 11.8. The number of fused-ring (bicyclic) bond motifs is 2. The quantitative estimate of drug-likeness (QED) is 0.560. The molecule has 2 aliphatic carbocycles. The van der Waals surface area contributed by atoms with Crippen molar-refractivity contribution in [2.24, 2.45) is 17.8 Å². The lowest BCUT2D eigenvalue weighted by molar-refractivity contribution is -0.142. The number of hydrogen-bond donors (Lipinski definition) is 1. The molecule has 2 fully saturated rings. The van der Waals surface area contributed by atoms with Gasteiger partial charge in [-0.25, -0.2) is 0 Å². The SMILES string of the molecule is CCCCOC(=O)CNC(C)C1CC2CCC1C2. The summed E-state index contributed by atoms with van der Waals surface area (Å²) >= 11 is 0. The average molecular weight is 253 g/mol. The largest absolute Gasteiger partial charge is 0.465 e. The molecule has 0 aromatic rings. The van der Waals surface area contributed by atoms with Crippen LogP contribution in [-0.2, 0) is 9.53 Å². The fraction of sp³-hybridized carbons (Fsp3) is 0.933. The minimum atomic E-state index is -0.0987. The fourth-order valence-corrected chi connectivity index (χ4v) is 3.68. The molecule has 18 heavy (non-hydrogen) atoms. The number of nitrogens with one attached hydrogen (secondary N) is 1. The van der Waals surface area contributed by atoms with Crippen molar-refractivity contribution in [3.05, 3.63) is 0 Å². The number of rotatable bonds is 7. The number of hydrogen-bond acceptors (Lipinski definition) is 3. The smallest absolute Gasteiger partial charge is 0.319 e. The lowest BCUT2D eigenvalue weighted by Crippen LogP contribution is -2.39. The highest BCUT2D eigenvalue weighted by molar-refractivity contribution is 5.71. The zero-order valence-corrected chi connectivity index (χ0v) is 11.8. The molecule has 2 saturated carbocycles. The van der Waals surface area contributed by atoms with Crippen LogP contribution in [0, 0.1) is 17.8 Å². The monoisotopic (exact) mass is 253 g/mol. The van der Waals surface area contributed by atoms with E-state index in [-0.39, 0.29) is 5.97 Å². The highest BCUT2D eigenvalue weighted by Gasteiger charge is 2.41. The summed E-state index contributed by atoms with van der Waals surface area (Å²) in [7, 11) is 0. The fourth-order valence-electron chi connectivity index (χ4n) is 3.68. The Hall–Kier alpha value is -0.570. The van der Waals surface area contributed by atoms with Crippen molar-refractivity contribution in [2.45, 2.75) is 58.4 Å². The van der Waals surface area contributed by atoms with Gasteiger partial charge in [0.2, 0.25) is 0 Å². The molecule has 1 N–H and O–H groups in total. The summed E-state index contributed by atoms with van der Waals surface area (Å²) in [5, 5.41) is 3.36. The van der Waals surface area contributed by atoms with Gasteiger partial charge >= 0.3 is 5.97 Å². The van der Waals surface area contributed by atoms with Gasteiger partial charge in [-0.1, -0.05) is 19.8 Å². The number of esters is 1. The van der Waals surface area contributed by atoms with Crippen molar-refractivity contribution in [1.82, 2.24) is 5.32 Å². The first-order valence-electron chi connectivity index (χ1n) is 7.59. The first-order chi connectivity index (χ1) is 8.70. The van der Waals surface area contributed by atoms with Crippen LogP contribution >= 0.6 is 0 Å². The Morgan fingerprint density at radius 3 is 2.83 bits per heavy atom. The number of unbranched alkanes of at least 4 members (excludes halogenated alkanes) is 1. The van der Waals surface area contributed by atoms with Gasteiger partial charge in [0, 0.05) is 6.04 Å². The maximum absolute atomic E-state index is 11.5. The topological polar surface area (TPSA) is 38.3 Å². The van der Waals surface area contributed by atoms with Crippen LogP contribution in [0.1, 0.15) is 52.4 Å². The van der Waals surface area contributed by atoms with Crippen LogP contribution in [-0.4, -0.2) is 25.2 Å². The van der Waals surface area contributed by atoms with Crippen LogP contribution in [0.5, 0.6) is 0 Å². The highest BCUT2D eigenvalue weighted by atomic mass is 16.5. The Morgan fingerprint density at radius 1 is 1.39 bits per heavy atom. The lowest BCUT2D eigenvalue weighted by atomic mass is 9.84. The van der Waals surface area contributed by atoms with Crippen molar-refractivity contribution < 1.29 is 9.53 Å². The second-order valence-corrected chi connectivity index (χ2v) is 6.08. The van der Waals surface area contributed by atoms with Gasteiger partial charge in [-0.05, 0) is 50.4 Å². The third-order valence-electron chi connectivity index (χ3n) is 4.76. The average Bonchev–Trinajstić information content (AvgIpc) is 2.98. The van der Waals surface area contributed by atoms with Crippen molar-refractivity contribution in [1.29, 1.82) is 0 Å². The summed E-state index contributed by atoms with van der Waals surface area (Å²) in [5.74, 6) is 2.57. The van der Waals surface area contributed by atoms with Crippen molar-refractivity contribution in [3.63, 3.8) is 0 Å². The summed E-state index contributed by atoms with van der Waals surface area (Å²) in [5.41, 5.74) is 0. The molecule has 104 valence electrons. The highest BCUT2D eigenvalue weighted by Crippen LogP contribution is 2.49. The Morgan fingerprint density at radius 2 is 2.22 bits per heavy atom. The molecule has 3 heteroatoms. The van der Waals surface area contributed by atoms with E-state index in [9.17, 15) is 4.79 Å². The van der Waals surface area contributed by atoms with Gasteiger partial charge in [0.15, 0.2) is 0 Å². The van der Waals surface area contributed by atoms with E-state index in [2.05, 4.69) is 19.2 Å². The molecule has 0 radical (unpaired) electrons. The Bertz CT molecular complexity index is 280. The van der Waals surface area contributed by atoms with Crippen molar-refractivity contribution in [3.8, 4) is 0 Å². The molecule has 0 aromatic heterocycles. The predicted molar refractivity (Wildman–Crippen MR) is 72.3 cm³/mol. The maximum atomic E-state index is 11.5. The van der Waals surface area contributed by atoms with E-state index in [1.807, 2.05) is 0 Å². The Balaban J connectivity index is 1.62. The van der Waals surface area contributed by atoms with E-state index in [4.69, 9.17) is 4.74 Å². The van der Waals surface area contributed by atoms with Gasteiger partial charge in [0.1, 0.15) is 0 Å². The predicted octanol–water partition coefficient (Wildman–Crippen LogP) is 2.74. The van der Waals surface area contributed by atoms with Crippen LogP contribution in [0.2, 0.25) is 0 Å². The van der Waals surface area contributed by atoms with Crippen LogP contribution in [0.3, 0.4) is 0 Å². The van der Waals surface area contributed by atoms with E-state index in [0.717, 1.165) is 30.6 Å². The molecule has 4 atom stereocenters. The van der Waals surface area contributed by atoms with Gasteiger partial charge in [-0.2, -0.15) is 0 Å². The summed E-state index contributed by atoms with van der Waals surface area (Å²) in [6.07, 6.45) is 7.67. The molecule has 3 nitrogen and oxygen atoms in total. The van der Waals surface area contributed by atoms with Crippen molar-refractivity contribution in [2.75, 3.05) is 13.2 Å². The Labute approximate surface area is 111 Å². The number of carbonyl (C=O) groups excluding carboxylic acids is 1. The summed E-state index contributed by atoms with van der Waals surface area (Å²) in [6.45, 7) is 5.27. The first kappa shape index (κ1) is 13.9. The molecule has 0 saturated heterocycles. The molecule has 4 unspecified atom stereocenters. The second-order valence-electron chi connectivity index (χ2n) is 6.08. The van der Waals surface area contributed by atoms with E-state index in [0.29, 0.717) is 19.2 Å². The van der Waals surface area contributed by atoms with Crippen LogP contribution < -0.4 is 5.32 Å². The molecular formula is C15H27NO2. The normalized spacial score (nSPS) is 31.6. The minimum absolute atomic E-state index is 0.0987. The van der Waals surface area contributed by atoms with E-state index >= 15 is 0 Å². The Kier molecular flexibility index (Phi) is 5.04. The third kappa shape index (κ3) is 3.47. The van der Waals surface area contributed by atoms with Crippen LogP contribution in [0.4, 0.5) is 0 Å². The van der Waals surface area contributed by atoms with E-state index in [1.165, 1.54) is 25.7 Å². The zero-order chi connectivity index (χ0) is 13.0. The molecular weight excluding hydrogens is 226 g/mol. The number of carbonyl (C=O) groups is 1. The van der Waals surface area contributed by atoms with Crippen LogP contribution in [0.25, 0.3) is 0 Å². The molecule has 0 amide bonds. The van der Waals surface area contributed by atoms with Gasteiger partial charge in [-0.3, -0.25) is 4.79 Å². The second kappa shape index (κ2) is 6.55. The molecule has 0 spiro atoms. The van der Waals surface area contributed by atoms with Gasteiger partial charge in [0.25, 0.3) is 0 Å². The lowest BCUT2D eigenvalue weighted by Gasteiger charge is -2.28. The van der Waals surface area contributed by atoms with Crippen LogP contribution in [0.15, 0.2) is 0 Å². The summed E-state index contributed by atoms with van der Waals surface area (Å²) < 4.78 is 5.16. The van der Waals surface area contributed by atoms with E-state index in [1.54, 1.807) is 0 Å². The van der Waals surface area contributed by atoms with Crippen molar-refractivity contribution >= 4 is 5.97 Å². The first-order valence-corrected chi connectivity index (χ1v) is 7.59. The van der Waals surface area contributed by atoms with Gasteiger partial charge in [0.05, 0.1) is 13.2 Å². The van der Waals surface area contributed by atoms with E-state index < -0.39 is 0 Å². The molecule has 0 aromatic carbocycles. The summed E-state index contributed by atoms with van der Waals surface area (Å²) in [6, 6.07) is 0.457. The molecule has 2 rings (SSSR count). The molecule has 2 aliphatic rings. The standard InChI is InChI=1S/C15H27NO2/c1-3-4-7-18-15(17)10-16-11(2)14-9-12-5-6-13(14)8-12/h11-14,16H,3-10H2,1-2H3. The number of ether oxygens (including phenoxy) is 1. The van der Waals surface area contributed by atoms with Gasteiger partial charge < -0.3 is 10.1 Å². The molecule has 2 bridgehead atoms. The summed E-state index contributed by atoms with van der Waals surface area (Å²) in [4.78, 5) is 11.5. The third-order valence-corrected chi connectivity index (χ3v) is 4.76. The maximum Gasteiger partial charge on any atom is 0.319 e. The van der Waals surface area contributed by atoms with Gasteiger partial charge in [-0.15, -0.1) is 0 Å². The molecule has 0 aliphatic heterocycles. The molecule has 0 heterocycles.